The molecule has 26 heavy (non-hydrogen) atoms. The minimum absolute atomic E-state index is 0.235. The molecule has 6 nitrogen and oxygen atoms in total. The second-order valence-corrected chi connectivity index (χ2v) is 6.86. The van der Waals surface area contributed by atoms with Crippen LogP contribution in [0, 0.1) is 0 Å². The largest absolute Gasteiger partial charge is 0.497 e. The minimum atomic E-state index is -1.18. The van der Waals surface area contributed by atoms with Crippen LogP contribution in [0.5, 0.6) is 5.75 Å². The number of likely N-dealkylation sites (tertiary alicyclic amines) is 1. The molecule has 0 bridgehead atoms. The lowest BCUT2D eigenvalue weighted by molar-refractivity contribution is -0.00944. The Morgan fingerprint density at radius 3 is 2.77 bits per heavy atom. The van der Waals surface area contributed by atoms with E-state index in [9.17, 15) is 9.90 Å². The number of hydrogen-bond acceptors (Lipinski definition) is 4. The Morgan fingerprint density at radius 1 is 1.38 bits per heavy atom. The maximum Gasteiger partial charge on any atom is 0.322 e. The molecule has 1 saturated heterocycles. The molecular formula is C19H22ClN3O3. The first-order valence-electron chi connectivity index (χ1n) is 8.48. The second-order valence-electron chi connectivity index (χ2n) is 6.50. The lowest BCUT2D eigenvalue weighted by atomic mass is 9.86. The predicted octanol–water partition coefficient (Wildman–Crippen LogP) is 3.65. The number of carbonyl (C=O) groups excluding carboxylic acids is 1. The van der Waals surface area contributed by atoms with Gasteiger partial charge in [-0.3, -0.25) is 0 Å². The second kappa shape index (κ2) is 7.51. The van der Waals surface area contributed by atoms with Gasteiger partial charge in [0.15, 0.2) is 5.15 Å². The lowest BCUT2D eigenvalue weighted by Crippen LogP contribution is -2.49. The van der Waals surface area contributed by atoms with Gasteiger partial charge in [-0.2, -0.15) is 0 Å². The Morgan fingerprint density at radius 2 is 2.12 bits per heavy atom. The first kappa shape index (κ1) is 18.5. The van der Waals surface area contributed by atoms with Gasteiger partial charge in [-0.1, -0.05) is 23.7 Å². The third-order valence-corrected chi connectivity index (χ3v) is 5.14. The standard InChI is InChI=1S/C19H22ClN3O3/c1-19(25,13-7-9-14(26-2)10-8-13)16-6-4-12-23(16)18(24)22-15-5-3-11-21-17(15)20/h3,5,7-11,16,25H,4,6,12H2,1-2H3,(H,22,24). The van der Waals surface area contributed by atoms with Gasteiger partial charge < -0.3 is 20.1 Å². The van der Waals surface area contributed by atoms with Crippen LogP contribution in [0.15, 0.2) is 42.6 Å². The first-order chi connectivity index (χ1) is 12.4. The summed E-state index contributed by atoms with van der Waals surface area (Å²) >= 11 is 6.02. The van der Waals surface area contributed by atoms with Crippen molar-refractivity contribution in [1.82, 2.24) is 9.88 Å². The Hall–Kier alpha value is -2.31. The SMILES string of the molecule is COc1ccc(C(C)(O)C2CCCN2C(=O)Nc2cccnc2Cl)cc1. The minimum Gasteiger partial charge on any atom is -0.497 e. The number of methoxy groups -OCH3 is 1. The zero-order chi connectivity index (χ0) is 18.7. The first-order valence-corrected chi connectivity index (χ1v) is 8.86. The number of halogens is 1. The summed E-state index contributed by atoms with van der Waals surface area (Å²) in [5.41, 5.74) is 0.00933. The van der Waals surface area contributed by atoms with Gasteiger partial charge in [0.05, 0.1) is 18.8 Å². The van der Waals surface area contributed by atoms with E-state index in [4.69, 9.17) is 16.3 Å². The van der Waals surface area contributed by atoms with E-state index in [1.165, 1.54) is 0 Å². The van der Waals surface area contributed by atoms with E-state index < -0.39 is 5.60 Å². The Kier molecular flexibility index (Phi) is 5.34. The van der Waals surface area contributed by atoms with Crippen molar-refractivity contribution < 1.29 is 14.6 Å². The van der Waals surface area contributed by atoms with Gasteiger partial charge in [0.1, 0.15) is 11.4 Å². The predicted molar refractivity (Wildman–Crippen MR) is 101 cm³/mol. The molecule has 2 amide bonds. The van der Waals surface area contributed by atoms with Crippen molar-refractivity contribution >= 4 is 23.3 Å². The van der Waals surface area contributed by atoms with Crippen LogP contribution < -0.4 is 10.1 Å². The van der Waals surface area contributed by atoms with Crippen LogP contribution in [0.4, 0.5) is 10.5 Å². The average Bonchev–Trinajstić information content (AvgIpc) is 3.14. The fraction of sp³-hybridized carbons (Fsp3) is 0.368. The van der Waals surface area contributed by atoms with Crippen molar-refractivity contribution in [3.05, 3.63) is 53.3 Å². The summed E-state index contributed by atoms with van der Waals surface area (Å²) in [4.78, 5) is 18.4. The number of rotatable bonds is 4. The molecule has 2 heterocycles. The van der Waals surface area contributed by atoms with Crippen LogP contribution in [0.1, 0.15) is 25.3 Å². The summed E-state index contributed by atoms with van der Waals surface area (Å²) < 4.78 is 5.17. The van der Waals surface area contributed by atoms with Crippen molar-refractivity contribution in [2.24, 2.45) is 0 Å². The van der Waals surface area contributed by atoms with E-state index in [1.807, 2.05) is 12.1 Å². The number of aromatic nitrogens is 1. The van der Waals surface area contributed by atoms with E-state index in [1.54, 1.807) is 49.4 Å². The lowest BCUT2D eigenvalue weighted by Gasteiger charge is -2.37. The molecule has 1 aromatic heterocycles. The highest BCUT2D eigenvalue weighted by Crippen LogP contribution is 2.35. The maximum absolute atomic E-state index is 12.8. The number of nitrogens with zero attached hydrogens (tertiary/aromatic N) is 2. The van der Waals surface area contributed by atoms with Crippen LogP contribution in [-0.2, 0) is 5.60 Å². The molecule has 7 heteroatoms. The van der Waals surface area contributed by atoms with Crippen molar-refractivity contribution in [3.63, 3.8) is 0 Å². The molecule has 0 radical (unpaired) electrons. The van der Waals surface area contributed by atoms with Crippen LogP contribution in [0.25, 0.3) is 0 Å². The number of nitrogens with one attached hydrogen (secondary N) is 1. The molecule has 1 aromatic carbocycles. The van der Waals surface area contributed by atoms with Gasteiger partial charge in [0.25, 0.3) is 0 Å². The normalized spacial score (nSPS) is 19.1. The number of benzene rings is 1. The summed E-state index contributed by atoms with van der Waals surface area (Å²) in [6.45, 7) is 2.31. The van der Waals surface area contributed by atoms with Crippen molar-refractivity contribution in [2.75, 3.05) is 19.0 Å². The van der Waals surface area contributed by atoms with E-state index >= 15 is 0 Å². The molecule has 2 aromatic rings. The highest BCUT2D eigenvalue weighted by molar-refractivity contribution is 6.32. The number of hydrogen-bond donors (Lipinski definition) is 2. The Labute approximate surface area is 157 Å². The highest BCUT2D eigenvalue weighted by atomic mass is 35.5. The molecule has 2 atom stereocenters. The van der Waals surface area contributed by atoms with Gasteiger partial charge in [0, 0.05) is 12.7 Å². The molecule has 1 aliphatic heterocycles. The number of carbonyl (C=O) groups is 1. The average molecular weight is 376 g/mol. The van der Waals surface area contributed by atoms with Crippen LogP contribution >= 0.6 is 11.6 Å². The van der Waals surface area contributed by atoms with Crippen LogP contribution in [-0.4, -0.2) is 40.7 Å². The molecule has 0 aliphatic carbocycles. The highest BCUT2D eigenvalue weighted by Gasteiger charge is 2.42. The monoisotopic (exact) mass is 375 g/mol. The smallest absolute Gasteiger partial charge is 0.322 e. The number of aliphatic hydroxyl groups is 1. The van der Waals surface area contributed by atoms with Gasteiger partial charge in [-0.15, -0.1) is 0 Å². The molecule has 1 fully saturated rings. The number of amides is 2. The van der Waals surface area contributed by atoms with Gasteiger partial charge >= 0.3 is 6.03 Å². The number of ether oxygens (including phenoxy) is 1. The summed E-state index contributed by atoms with van der Waals surface area (Å²) in [7, 11) is 1.60. The third kappa shape index (κ3) is 3.61. The maximum atomic E-state index is 12.8. The molecule has 1 aliphatic rings. The van der Waals surface area contributed by atoms with Crippen molar-refractivity contribution in [1.29, 1.82) is 0 Å². The summed E-state index contributed by atoms with van der Waals surface area (Å²) in [6.07, 6.45) is 3.10. The summed E-state index contributed by atoms with van der Waals surface area (Å²) in [5, 5.41) is 14.2. The fourth-order valence-corrected chi connectivity index (χ4v) is 3.55. The molecule has 2 unspecified atom stereocenters. The number of urea groups is 1. The van der Waals surface area contributed by atoms with Crippen molar-refractivity contribution in [2.45, 2.75) is 31.4 Å². The number of pyridine rings is 1. The van der Waals surface area contributed by atoms with Gasteiger partial charge in [-0.25, -0.2) is 9.78 Å². The molecule has 138 valence electrons. The van der Waals surface area contributed by atoms with E-state index in [-0.39, 0.29) is 17.2 Å². The van der Waals surface area contributed by atoms with Crippen molar-refractivity contribution in [3.8, 4) is 5.75 Å². The Balaban J connectivity index is 1.79. The zero-order valence-electron chi connectivity index (χ0n) is 14.8. The van der Waals surface area contributed by atoms with Crippen LogP contribution in [0.3, 0.4) is 0 Å². The summed E-state index contributed by atoms with van der Waals surface area (Å²) in [5.74, 6) is 0.719. The molecular weight excluding hydrogens is 354 g/mol. The topological polar surface area (TPSA) is 74.7 Å². The number of anilines is 1. The quantitative estimate of drug-likeness (QED) is 0.800. The van der Waals surface area contributed by atoms with Gasteiger partial charge in [0.2, 0.25) is 0 Å². The molecule has 3 rings (SSSR count). The van der Waals surface area contributed by atoms with E-state index in [0.29, 0.717) is 18.7 Å². The third-order valence-electron chi connectivity index (χ3n) is 4.84. The Bertz CT molecular complexity index is 780. The van der Waals surface area contributed by atoms with Crippen LogP contribution in [0.2, 0.25) is 5.15 Å². The zero-order valence-corrected chi connectivity index (χ0v) is 15.5. The van der Waals surface area contributed by atoms with E-state index in [0.717, 1.165) is 17.7 Å². The van der Waals surface area contributed by atoms with Gasteiger partial charge in [-0.05, 0) is 49.6 Å². The summed E-state index contributed by atoms with van der Waals surface area (Å²) in [6, 6.07) is 10.0. The fourth-order valence-electron chi connectivity index (χ4n) is 3.38. The molecule has 0 saturated carbocycles. The molecule has 2 N–H and O–H groups in total. The molecule has 0 spiro atoms. The van der Waals surface area contributed by atoms with E-state index in [2.05, 4.69) is 10.3 Å².